The summed E-state index contributed by atoms with van der Waals surface area (Å²) in [6, 6.07) is 20.4. The van der Waals surface area contributed by atoms with Crippen molar-refractivity contribution in [2.45, 2.75) is 63.6 Å². The Morgan fingerprint density at radius 1 is 0.759 bits per heavy atom. The van der Waals surface area contributed by atoms with Gasteiger partial charge in [0.2, 0.25) is 0 Å². The summed E-state index contributed by atoms with van der Waals surface area (Å²) in [7, 11) is 0. The molecule has 0 spiro atoms. The van der Waals surface area contributed by atoms with Gasteiger partial charge < -0.3 is 4.74 Å². The Hall–Kier alpha value is -1.84. The smallest absolute Gasteiger partial charge is 0.127 e. The second-order valence-corrected chi connectivity index (χ2v) is 9.17. The van der Waals surface area contributed by atoms with Crippen molar-refractivity contribution >= 4 is 0 Å². The topological polar surface area (TPSA) is 15.7 Å². The molecule has 2 aromatic carbocycles. The number of fused-ring (bicyclic) bond motifs is 1. The third-order valence-electron chi connectivity index (χ3n) is 7.30. The van der Waals surface area contributed by atoms with E-state index in [0.29, 0.717) is 0 Å². The Labute approximate surface area is 175 Å². The van der Waals surface area contributed by atoms with Gasteiger partial charge in [0.1, 0.15) is 11.5 Å². The highest BCUT2D eigenvalue weighted by Crippen LogP contribution is 2.38. The maximum atomic E-state index is 6.09. The van der Waals surface area contributed by atoms with E-state index in [9.17, 15) is 0 Å². The van der Waals surface area contributed by atoms with Gasteiger partial charge in [-0.3, -0.25) is 9.80 Å². The van der Waals surface area contributed by atoms with Gasteiger partial charge in [0, 0.05) is 31.7 Å². The second-order valence-electron chi connectivity index (χ2n) is 9.17. The van der Waals surface area contributed by atoms with Crippen LogP contribution >= 0.6 is 0 Å². The largest absolute Gasteiger partial charge is 0.457 e. The van der Waals surface area contributed by atoms with Crippen LogP contribution in [-0.4, -0.2) is 41.5 Å². The SMILES string of the molecule is c1ccc(Oc2cccc(CN3CCN4CCC[C@@H]4[C@H]3C3CCCCC3)c2)cc1. The fourth-order valence-corrected chi connectivity index (χ4v) is 6.00. The molecule has 2 saturated heterocycles. The average Bonchev–Trinajstić information content (AvgIpc) is 3.24. The molecule has 0 unspecified atom stereocenters. The number of ether oxygens (including phenoxy) is 1. The Morgan fingerprint density at radius 2 is 1.59 bits per heavy atom. The number of nitrogens with zero attached hydrogens (tertiary/aromatic N) is 2. The molecular weight excluding hydrogens is 356 g/mol. The summed E-state index contributed by atoms with van der Waals surface area (Å²) in [6.45, 7) is 4.83. The van der Waals surface area contributed by atoms with Crippen molar-refractivity contribution in [2.75, 3.05) is 19.6 Å². The molecule has 29 heavy (non-hydrogen) atoms. The molecule has 0 bridgehead atoms. The molecule has 0 radical (unpaired) electrons. The van der Waals surface area contributed by atoms with Crippen molar-refractivity contribution in [3.8, 4) is 11.5 Å². The Kier molecular flexibility index (Phi) is 5.87. The van der Waals surface area contributed by atoms with Crippen molar-refractivity contribution < 1.29 is 4.74 Å². The molecule has 1 aliphatic carbocycles. The highest BCUT2D eigenvalue weighted by molar-refractivity contribution is 5.34. The molecule has 2 atom stereocenters. The highest BCUT2D eigenvalue weighted by Gasteiger charge is 2.42. The minimum atomic E-state index is 0.741. The molecule has 2 aromatic rings. The monoisotopic (exact) mass is 390 g/mol. The van der Waals surface area contributed by atoms with Crippen molar-refractivity contribution in [3.63, 3.8) is 0 Å². The first-order valence-corrected chi connectivity index (χ1v) is 11.7. The van der Waals surface area contributed by atoms with Crippen LogP contribution in [0.1, 0.15) is 50.5 Å². The quantitative estimate of drug-likeness (QED) is 0.650. The lowest BCUT2D eigenvalue weighted by atomic mass is 9.78. The summed E-state index contributed by atoms with van der Waals surface area (Å²) in [5.74, 6) is 2.74. The summed E-state index contributed by atoms with van der Waals surface area (Å²) >= 11 is 0. The number of piperazine rings is 1. The van der Waals surface area contributed by atoms with Crippen molar-refractivity contribution in [3.05, 3.63) is 60.2 Å². The summed E-state index contributed by atoms with van der Waals surface area (Å²) < 4.78 is 6.09. The lowest BCUT2D eigenvalue weighted by Gasteiger charge is -2.49. The standard InChI is InChI=1S/C26H34N2O/c1-3-10-22(11-4-1)26-25-15-8-16-27(25)17-18-28(26)20-21-9-7-14-24(19-21)29-23-12-5-2-6-13-23/h2,5-7,9,12-14,19,22,25-26H,1,3-4,8,10-11,15-18,20H2/t25-,26-/m1/s1. The van der Waals surface area contributed by atoms with Crippen molar-refractivity contribution in [2.24, 2.45) is 5.92 Å². The fourth-order valence-electron chi connectivity index (χ4n) is 6.00. The van der Waals surface area contributed by atoms with E-state index in [2.05, 4.69) is 34.1 Å². The van der Waals surface area contributed by atoms with Crippen molar-refractivity contribution in [1.82, 2.24) is 9.80 Å². The van der Waals surface area contributed by atoms with Gasteiger partial charge in [0.15, 0.2) is 0 Å². The molecule has 2 aliphatic heterocycles. The van der Waals surface area contributed by atoms with Crippen LogP contribution in [0.5, 0.6) is 11.5 Å². The molecule has 3 fully saturated rings. The van der Waals surface area contributed by atoms with Gasteiger partial charge >= 0.3 is 0 Å². The predicted molar refractivity (Wildman–Crippen MR) is 118 cm³/mol. The first-order chi connectivity index (χ1) is 14.4. The molecule has 5 rings (SSSR count). The Bertz CT molecular complexity index is 786. The molecular formula is C26H34N2O. The third-order valence-corrected chi connectivity index (χ3v) is 7.30. The average molecular weight is 391 g/mol. The highest BCUT2D eigenvalue weighted by atomic mass is 16.5. The van der Waals surface area contributed by atoms with Gasteiger partial charge in [-0.05, 0) is 68.0 Å². The molecule has 3 nitrogen and oxygen atoms in total. The van der Waals surface area contributed by atoms with E-state index in [1.807, 2.05) is 30.3 Å². The van der Waals surface area contributed by atoms with E-state index >= 15 is 0 Å². The maximum Gasteiger partial charge on any atom is 0.127 e. The van der Waals surface area contributed by atoms with Crippen LogP contribution in [0.15, 0.2) is 54.6 Å². The first-order valence-electron chi connectivity index (χ1n) is 11.7. The molecule has 0 aromatic heterocycles. The number of hydrogen-bond donors (Lipinski definition) is 0. The third kappa shape index (κ3) is 4.36. The van der Waals surface area contributed by atoms with E-state index in [4.69, 9.17) is 4.74 Å². The second kappa shape index (κ2) is 8.89. The number of rotatable bonds is 5. The first kappa shape index (κ1) is 19.1. The van der Waals surface area contributed by atoms with Gasteiger partial charge in [-0.2, -0.15) is 0 Å². The zero-order chi connectivity index (χ0) is 19.5. The maximum absolute atomic E-state index is 6.09. The van der Waals surface area contributed by atoms with E-state index in [1.165, 1.54) is 70.1 Å². The molecule has 0 N–H and O–H groups in total. The molecule has 0 amide bonds. The Balaban J connectivity index is 1.33. The minimum Gasteiger partial charge on any atom is -0.457 e. The van der Waals surface area contributed by atoms with Crippen LogP contribution in [-0.2, 0) is 6.54 Å². The van der Waals surface area contributed by atoms with Crippen LogP contribution in [0.3, 0.4) is 0 Å². The lowest BCUT2D eigenvalue weighted by Crippen LogP contribution is -2.59. The van der Waals surface area contributed by atoms with E-state index in [1.54, 1.807) is 0 Å². The normalized spacial score (nSPS) is 26.3. The van der Waals surface area contributed by atoms with Crippen LogP contribution in [0.25, 0.3) is 0 Å². The zero-order valence-corrected chi connectivity index (χ0v) is 17.5. The minimum absolute atomic E-state index is 0.741. The Morgan fingerprint density at radius 3 is 2.45 bits per heavy atom. The van der Waals surface area contributed by atoms with Crippen LogP contribution in [0, 0.1) is 5.92 Å². The molecule has 2 heterocycles. The molecule has 1 saturated carbocycles. The number of hydrogen-bond acceptors (Lipinski definition) is 3. The number of benzene rings is 2. The summed E-state index contributed by atoms with van der Waals surface area (Å²) in [6.07, 6.45) is 9.96. The van der Waals surface area contributed by atoms with E-state index in [-0.39, 0.29) is 0 Å². The van der Waals surface area contributed by atoms with Crippen LogP contribution in [0.4, 0.5) is 0 Å². The van der Waals surface area contributed by atoms with Crippen molar-refractivity contribution in [1.29, 1.82) is 0 Å². The van der Waals surface area contributed by atoms with Gasteiger partial charge in [-0.1, -0.05) is 49.6 Å². The number of para-hydroxylation sites is 1. The summed E-state index contributed by atoms with van der Waals surface area (Å²) in [5.41, 5.74) is 1.38. The predicted octanol–water partition coefficient (Wildman–Crippen LogP) is 5.71. The zero-order valence-electron chi connectivity index (χ0n) is 17.5. The summed E-state index contributed by atoms with van der Waals surface area (Å²) in [4.78, 5) is 5.62. The molecule has 3 heteroatoms. The van der Waals surface area contributed by atoms with E-state index < -0.39 is 0 Å². The molecule has 3 aliphatic rings. The lowest BCUT2D eigenvalue weighted by molar-refractivity contribution is -0.00381. The van der Waals surface area contributed by atoms with Crippen LogP contribution < -0.4 is 4.74 Å². The van der Waals surface area contributed by atoms with Crippen LogP contribution in [0.2, 0.25) is 0 Å². The van der Waals surface area contributed by atoms with Gasteiger partial charge in [-0.15, -0.1) is 0 Å². The fraction of sp³-hybridized carbons (Fsp3) is 0.538. The van der Waals surface area contributed by atoms with Gasteiger partial charge in [0.25, 0.3) is 0 Å². The summed E-state index contributed by atoms with van der Waals surface area (Å²) in [5, 5.41) is 0. The van der Waals surface area contributed by atoms with Gasteiger partial charge in [-0.25, -0.2) is 0 Å². The van der Waals surface area contributed by atoms with Gasteiger partial charge in [0.05, 0.1) is 0 Å². The molecule has 154 valence electrons. The van der Waals surface area contributed by atoms with E-state index in [0.717, 1.165) is 36.0 Å².